The fourth-order valence-corrected chi connectivity index (χ4v) is 1.87. The Hall–Kier alpha value is -2.70. The van der Waals surface area contributed by atoms with Crippen molar-refractivity contribution in [3.05, 3.63) is 66.0 Å². The monoisotopic (exact) mass is 323 g/mol. The lowest BCUT2D eigenvalue weighted by atomic mass is 10.0. The van der Waals surface area contributed by atoms with Crippen LogP contribution in [-0.2, 0) is 4.74 Å². The number of ether oxygens (including phenoxy) is 1. The first-order valence-electron chi connectivity index (χ1n) is 6.64. The van der Waals surface area contributed by atoms with Crippen molar-refractivity contribution in [1.29, 1.82) is 0 Å². The smallest absolute Gasteiger partial charge is 0.393 e. The molecule has 0 spiro atoms. The molecule has 23 heavy (non-hydrogen) atoms. The van der Waals surface area contributed by atoms with E-state index in [0.29, 0.717) is 0 Å². The molecule has 1 heterocycles. The highest BCUT2D eigenvalue weighted by atomic mass is 19.4. The van der Waals surface area contributed by atoms with Crippen LogP contribution in [0, 0.1) is 0 Å². The van der Waals surface area contributed by atoms with E-state index in [-0.39, 0.29) is 11.1 Å². The fraction of sp³-hybridized carbons (Fsp3) is 0.188. The van der Waals surface area contributed by atoms with Crippen molar-refractivity contribution in [2.75, 3.05) is 0 Å². The molecule has 1 aromatic carbocycles. The van der Waals surface area contributed by atoms with Crippen molar-refractivity contribution in [2.45, 2.75) is 18.7 Å². The minimum atomic E-state index is -4.65. The average molecular weight is 323 g/mol. The Labute approximate surface area is 129 Å². The summed E-state index contributed by atoms with van der Waals surface area (Å²) in [6, 6.07) is 9.97. The first kappa shape index (κ1) is 16.7. The second-order valence-corrected chi connectivity index (χ2v) is 4.68. The summed E-state index contributed by atoms with van der Waals surface area (Å²) in [4.78, 5) is 27.8. The minimum Gasteiger partial charge on any atom is -0.450 e. The summed E-state index contributed by atoms with van der Waals surface area (Å²) >= 11 is 0. The standard InChI is InChI=1S/C16H12F3NO3/c17-16(18,19)10-13(14(21)11-4-2-1-3-5-11)23-15(22)12-6-8-20-9-7-12/h1-9,13H,10H2. The molecule has 0 N–H and O–H groups in total. The van der Waals surface area contributed by atoms with Gasteiger partial charge < -0.3 is 4.74 Å². The molecule has 0 saturated carbocycles. The van der Waals surface area contributed by atoms with Gasteiger partial charge in [0.2, 0.25) is 5.78 Å². The highest BCUT2D eigenvalue weighted by Crippen LogP contribution is 2.25. The largest absolute Gasteiger partial charge is 0.450 e. The number of nitrogens with zero attached hydrogens (tertiary/aromatic N) is 1. The maximum atomic E-state index is 12.7. The van der Waals surface area contributed by atoms with Crippen LogP contribution in [0.3, 0.4) is 0 Å². The Balaban J connectivity index is 2.21. The molecule has 2 rings (SSSR count). The van der Waals surface area contributed by atoms with Gasteiger partial charge in [-0.15, -0.1) is 0 Å². The van der Waals surface area contributed by atoms with Crippen LogP contribution < -0.4 is 0 Å². The molecule has 0 amide bonds. The predicted molar refractivity (Wildman–Crippen MR) is 74.9 cm³/mol. The number of ketones is 1. The molecule has 4 nitrogen and oxygen atoms in total. The number of hydrogen-bond donors (Lipinski definition) is 0. The normalized spacial score (nSPS) is 12.5. The zero-order valence-corrected chi connectivity index (χ0v) is 11.8. The van der Waals surface area contributed by atoms with Crippen molar-refractivity contribution in [2.24, 2.45) is 0 Å². The second-order valence-electron chi connectivity index (χ2n) is 4.68. The second kappa shape index (κ2) is 7.04. The Morgan fingerprint density at radius 2 is 1.61 bits per heavy atom. The van der Waals surface area contributed by atoms with Crippen molar-refractivity contribution in [1.82, 2.24) is 4.98 Å². The Kier molecular flexibility index (Phi) is 5.10. The third kappa shape index (κ3) is 4.91. The van der Waals surface area contributed by atoms with E-state index in [1.165, 1.54) is 48.8 Å². The van der Waals surface area contributed by atoms with Gasteiger partial charge in [0.1, 0.15) is 0 Å². The minimum absolute atomic E-state index is 0.0213. The Morgan fingerprint density at radius 1 is 1.00 bits per heavy atom. The highest BCUT2D eigenvalue weighted by Gasteiger charge is 2.38. The molecule has 0 aliphatic heterocycles. The number of carbonyl (C=O) groups excluding carboxylic acids is 2. The number of rotatable bonds is 5. The lowest BCUT2D eigenvalue weighted by Gasteiger charge is -2.18. The van der Waals surface area contributed by atoms with Crippen LogP contribution in [0.2, 0.25) is 0 Å². The number of carbonyl (C=O) groups is 2. The maximum Gasteiger partial charge on any atom is 0.393 e. The number of esters is 1. The third-order valence-corrected chi connectivity index (χ3v) is 2.93. The van der Waals surface area contributed by atoms with Crippen LogP contribution in [0.25, 0.3) is 0 Å². The average Bonchev–Trinajstić information content (AvgIpc) is 2.54. The maximum absolute atomic E-state index is 12.7. The molecule has 1 aromatic heterocycles. The molecule has 0 bridgehead atoms. The van der Waals surface area contributed by atoms with Crippen LogP contribution in [0.15, 0.2) is 54.9 Å². The lowest BCUT2D eigenvalue weighted by Crippen LogP contribution is -2.32. The van der Waals surface area contributed by atoms with E-state index < -0.39 is 30.5 Å². The molecule has 0 fully saturated rings. The van der Waals surface area contributed by atoms with E-state index in [1.807, 2.05) is 0 Å². The topological polar surface area (TPSA) is 56.3 Å². The molecule has 120 valence electrons. The fourth-order valence-electron chi connectivity index (χ4n) is 1.87. The number of hydrogen-bond acceptors (Lipinski definition) is 4. The predicted octanol–water partition coefficient (Wildman–Crippen LogP) is 3.44. The zero-order chi connectivity index (χ0) is 16.9. The lowest BCUT2D eigenvalue weighted by molar-refractivity contribution is -0.149. The quantitative estimate of drug-likeness (QED) is 0.625. The summed E-state index contributed by atoms with van der Waals surface area (Å²) in [6.07, 6.45) is -5.52. The summed E-state index contributed by atoms with van der Waals surface area (Å²) in [5.74, 6) is -1.91. The van der Waals surface area contributed by atoms with Gasteiger partial charge in [-0.25, -0.2) is 4.79 Å². The van der Waals surface area contributed by atoms with Gasteiger partial charge >= 0.3 is 12.1 Å². The molecule has 7 heteroatoms. The molecular formula is C16H12F3NO3. The molecule has 2 aromatic rings. The van der Waals surface area contributed by atoms with E-state index in [9.17, 15) is 22.8 Å². The summed E-state index contributed by atoms with van der Waals surface area (Å²) in [6.45, 7) is 0. The molecule has 0 aliphatic rings. The van der Waals surface area contributed by atoms with Gasteiger partial charge in [0.15, 0.2) is 6.10 Å². The van der Waals surface area contributed by atoms with E-state index in [1.54, 1.807) is 6.07 Å². The molecule has 0 saturated heterocycles. The summed E-state index contributed by atoms with van der Waals surface area (Å²) < 4.78 is 42.8. The molecule has 0 radical (unpaired) electrons. The Bertz CT molecular complexity index is 672. The number of Topliss-reactive ketones (excluding diaryl/α,β-unsaturated/α-hetero) is 1. The number of pyridine rings is 1. The number of halogens is 3. The highest BCUT2D eigenvalue weighted by molar-refractivity contribution is 6.01. The van der Waals surface area contributed by atoms with Crippen LogP contribution in [0.5, 0.6) is 0 Å². The van der Waals surface area contributed by atoms with Gasteiger partial charge in [0.05, 0.1) is 12.0 Å². The van der Waals surface area contributed by atoms with Crippen LogP contribution in [-0.4, -0.2) is 29.0 Å². The number of alkyl halides is 3. The summed E-state index contributed by atoms with van der Waals surface area (Å²) in [7, 11) is 0. The van der Waals surface area contributed by atoms with Gasteiger partial charge in [0, 0.05) is 18.0 Å². The Morgan fingerprint density at radius 3 is 2.17 bits per heavy atom. The van der Waals surface area contributed by atoms with Crippen molar-refractivity contribution in [3.63, 3.8) is 0 Å². The van der Waals surface area contributed by atoms with Crippen molar-refractivity contribution < 1.29 is 27.5 Å². The molecule has 0 aliphatic carbocycles. The van der Waals surface area contributed by atoms with Crippen molar-refractivity contribution >= 4 is 11.8 Å². The number of aromatic nitrogens is 1. The zero-order valence-electron chi connectivity index (χ0n) is 11.8. The molecule has 1 unspecified atom stereocenters. The van der Waals surface area contributed by atoms with E-state index >= 15 is 0 Å². The third-order valence-electron chi connectivity index (χ3n) is 2.93. The molecule has 1 atom stereocenters. The first-order chi connectivity index (χ1) is 10.9. The number of benzene rings is 1. The molecular weight excluding hydrogens is 311 g/mol. The van der Waals surface area contributed by atoms with Gasteiger partial charge in [0.25, 0.3) is 0 Å². The van der Waals surface area contributed by atoms with E-state index in [4.69, 9.17) is 4.74 Å². The van der Waals surface area contributed by atoms with Gasteiger partial charge in [-0.3, -0.25) is 9.78 Å². The van der Waals surface area contributed by atoms with Crippen LogP contribution in [0.1, 0.15) is 27.1 Å². The van der Waals surface area contributed by atoms with Gasteiger partial charge in [-0.1, -0.05) is 30.3 Å². The van der Waals surface area contributed by atoms with Crippen LogP contribution >= 0.6 is 0 Å². The van der Waals surface area contributed by atoms with Gasteiger partial charge in [-0.05, 0) is 12.1 Å². The van der Waals surface area contributed by atoms with Crippen molar-refractivity contribution in [3.8, 4) is 0 Å². The van der Waals surface area contributed by atoms with Gasteiger partial charge in [-0.2, -0.15) is 13.2 Å². The summed E-state index contributed by atoms with van der Waals surface area (Å²) in [5, 5.41) is 0. The first-order valence-corrected chi connectivity index (χ1v) is 6.64. The van der Waals surface area contributed by atoms with E-state index in [2.05, 4.69) is 4.98 Å². The summed E-state index contributed by atoms with van der Waals surface area (Å²) in [5.41, 5.74) is 0.0670. The SMILES string of the molecule is O=C(OC(CC(F)(F)F)C(=O)c1ccccc1)c1ccncc1. The van der Waals surface area contributed by atoms with Crippen LogP contribution in [0.4, 0.5) is 13.2 Å². The van der Waals surface area contributed by atoms with E-state index in [0.717, 1.165) is 0 Å².